The number of anilines is 3. The van der Waals surface area contributed by atoms with E-state index < -0.39 is 0 Å². The molecule has 4 aliphatic rings. The van der Waals surface area contributed by atoms with Crippen molar-refractivity contribution in [3.63, 3.8) is 0 Å². The lowest BCUT2D eigenvalue weighted by molar-refractivity contribution is -0.134. The second kappa shape index (κ2) is 28.9. The third kappa shape index (κ3) is 13.0. The molecule has 3 fully saturated rings. The number of likely N-dealkylation sites (tertiary alicyclic amines) is 3. The number of piperidine rings is 3. The molecule has 0 saturated carbocycles. The maximum absolute atomic E-state index is 13.2. The Morgan fingerprint density at radius 3 is 1.39 bits per heavy atom. The highest BCUT2D eigenvalue weighted by Gasteiger charge is 2.34. The quantitative estimate of drug-likeness (QED) is 0.0564. The van der Waals surface area contributed by atoms with Crippen LogP contribution in [0.15, 0.2) is 201 Å². The molecule has 0 radical (unpaired) electrons. The van der Waals surface area contributed by atoms with E-state index in [0.717, 1.165) is 156 Å². The van der Waals surface area contributed by atoms with Crippen LogP contribution in [0.5, 0.6) is 23.0 Å². The Labute approximate surface area is 629 Å². The molecule has 0 aliphatic carbocycles. The Morgan fingerprint density at radius 1 is 0.473 bits per heavy atom. The lowest BCUT2D eigenvalue weighted by Crippen LogP contribution is -2.40. The molecule has 552 valence electrons. The van der Waals surface area contributed by atoms with Crippen molar-refractivity contribution in [1.82, 2.24) is 77.7 Å². The Bertz CT molecular complexity index is 6060. The van der Waals surface area contributed by atoms with Crippen molar-refractivity contribution >= 4 is 95.3 Å². The average molecular weight is 1470 g/mol. The number of ether oxygens (including phenoxy) is 4. The van der Waals surface area contributed by atoms with Crippen molar-refractivity contribution in [2.75, 3.05) is 77.0 Å². The fourth-order valence-electron chi connectivity index (χ4n) is 16.1. The number of hydrogen-bond acceptors (Lipinski definition) is 16. The molecule has 3 amide bonds. The topological polar surface area (TPSA) is 330 Å². The summed E-state index contributed by atoms with van der Waals surface area (Å²) in [6, 6.07) is 51.5. The molecule has 26 nitrogen and oxygen atoms in total. The monoisotopic (exact) mass is 1470 g/mol. The molecule has 0 atom stereocenters. The average Bonchev–Trinajstić information content (AvgIpc) is 1.61. The minimum atomic E-state index is -0.0264. The highest BCUT2D eigenvalue weighted by Crippen LogP contribution is 2.41. The largest absolute Gasteiger partial charge is 0.497 e. The number of imidazole rings is 3. The molecule has 0 unspecified atom stereocenters. The van der Waals surface area contributed by atoms with E-state index in [1.54, 1.807) is 50.0 Å². The second-order valence-electron chi connectivity index (χ2n) is 28.3. The van der Waals surface area contributed by atoms with Crippen LogP contribution in [-0.2, 0) is 16.0 Å². The first-order chi connectivity index (χ1) is 53.9. The van der Waals surface area contributed by atoms with Crippen LogP contribution in [0.4, 0.5) is 17.5 Å². The fraction of sp³-hybridized carbons (Fsp3) is 0.226. The number of nitrogens with one attached hydrogen (secondary N) is 4. The number of nitrogens with zero attached hydrogens (tertiary/aromatic N) is 12. The van der Waals surface area contributed by atoms with Gasteiger partial charge in [0.25, 0.3) is 11.8 Å². The van der Waals surface area contributed by atoms with Crippen LogP contribution in [0, 0.1) is 0 Å². The Morgan fingerprint density at radius 2 is 0.909 bits per heavy atom. The van der Waals surface area contributed by atoms with E-state index >= 15 is 0 Å². The smallest absolute Gasteiger partial charge is 0.260 e. The molecule has 20 rings (SSSR count). The third-order valence-electron chi connectivity index (χ3n) is 21.8. The number of carbonyl (C=O) groups is 3. The van der Waals surface area contributed by atoms with E-state index in [1.165, 1.54) is 0 Å². The normalized spacial score (nSPS) is 14.9. The van der Waals surface area contributed by atoms with Crippen molar-refractivity contribution in [3.8, 4) is 57.2 Å². The van der Waals surface area contributed by atoms with Crippen LogP contribution >= 0.6 is 0 Å². The summed E-state index contributed by atoms with van der Waals surface area (Å²) >= 11 is 0. The lowest BCUT2D eigenvalue weighted by atomic mass is 9.95. The fourth-order valence-corrected chi connectivity index (χ4v) is 16.1. The molecule has 4 aliphatic heterocycles. The van der Waals surface area contributed by atoms with Gasteiger partial charge in [-0.3, -0.25) is 27.6 Å². The number of nitrogen functional groups attached to an aromatic ring is 3. The van der Waals surface area contributed by atoms with Gasteiger partial charge in [-0.05, 0) is 117 Å². The van der Waals surface area contributed by atoms with E-state index in [9.17, 15) is 14.4 Å². The number of carbonyl (C=O) groups excluding carboxylic acids is 3. The molecule has 10 aromatic heterocycles. The highest BCUT2D eigenvalue weighted by molar-refractivity contribution is 5.97. The Hall–Kier alpha value is -13.7. The lowest BCUT2D eigenvalue weighted by Gasteiger charge is -2.31. The van der Waals surface area contributed by atoms with Crippen LogP contribution in [-0.4, -0.2) is 155 Å². The van der Waals surface area contributed by atoms with E-state index in [1.807, 2.05) is 124 Å². The predicted octanol–water partition coefficient (Wildman–Crippen LogP) is 13.4. The zero-order valence-corrected chi connectivity index (χ0v) is 60.3. The van der Waals surface area contributed by atoms with Gasteiger partial charge < -0.3 is 70.8 Å². The third-order valence-corrected chi connectivity index (χ3v) is 21.8. The molecule has 0 spiro atoms. The maximum Gasteiger partial charge on any atom is 0.260 e. The van der Waals surface area contributed by atoms with Crippen LogP contribution in [0.2, 0.25) is 0 Å². The number of fused-ring (bicyclic) bond motifs is 8. The van der Waals surface area contributed by atoms with Gasteiger partial charge in [-0.2, -0.15) is 0 Å². The van der Waals surface area contributed by atoms with Crippen molar-refractivity contribution < 1.29 is 33.3 Å². The SMILES string of the molecule is COc1cccc(OCC(=O)N2CCC(c3nc(-c4cc5ccccc5[nH]4)c4c(N)nccn34)CC2)c1.Nc1nccn2c(C3CCN(C(=O)Cc4c[nH]c5ccccc45)CC3)nc(-c3cc4ccccc4[nH]3)c12.Nc1nccn2c(C3CCN(C(=O)c4ccc5c(c4)OCO5)CC3)nc(-c3cc4ccccc4[nH]3)c12. The van der Waals surface area contributed by atoms with Crippen molar-refractivity contribution in [3.05, 3.63) is 230 Å². The van der Waals surface area contributed by atoms with Gasteiger partial charge in [0.05, 0.1) is 30.6 Å². The summed E-state index contributed by atoms with van der Waals surface area (Å²) in [5.74, 6) is 7.57. The standard InChI is InChI=1S/C29H27N7O.C28H28N6O3.C27H24N6O3/c30-28-27-26(24-15-19-5-1-3-7-22(19)33-24)34-29(36(27)14-11-31-28)18-9-12-35(13-10-18)25(37)16-20-17-32-23-8-4-2-6-21(20)23;1-36-20-6-4-7-21(16-20)37-17-24(35)33-12-9-18(10-13-33)28-32-25(26-27(29)30-11-14-34(26)28)23-15-19-5-2-3-8-22(19)31-23;28-25-24-23(20-13-17-3-1-2-4-19(17)30-20)31-26(33(24)12-9-29-25)16-7-10-32(11-8-16)27(34)18-5-6-21-22(14-18)36-15-35-21/h1-8,11,14-15,17-18,32-33H,9-10,12-13,16H2,(H2,30,31);2-8,11,14-16,18,31H,9-10,12-13,17H2,1H3,(H2,29,30);1-6,9,12-14,16,30H,7-8,10-11,15H2,(H2,28,29). The minimum Gasteiger partial charge on any atom is -0.497 e. The van der Waals surface area contributed by atoms with Gasteiger partial charge in [-0.25, -0.2) is 29.9 Å². The van der Waals surface area contributed by atoms with Gasteiger partial charge in [0.1, 0.15) is 80.1 Å². The summed E-state index contributed by atoms with van der Waals surface area (Å²) in [7, 11) is 1.60. The molecule has 6 aromatic carbocycles. The van der Waals surface area contributed by atoms with Gasteiger partial charge in [0.15, 0.2) is 18.1 Å². The number of aromatic amines is 4. The molecule has 3 saturated heterocycles. The number of amides is 3. The van der Waals surface area contributed by atoms with Gasteiger partial charge >= 0.3 is 0 Å². The van der Waals surface area contributed by atoms with Crippen LogP contribution in [0.25, 0.3) is 94.3 Å². The summed E-state index contributed by atoms with van der Waals surface area (Å²) in [6.07, 6.45) is 18.2. The van der Waals surface area contributed by atoms with Gasteiger partial charge in [-0.15, -0.1) is 0 Å². The first-order valence-electron chi connectivity index (χ1n) is 37.1. The maximum atomic E-state index is 13.2. The van der Waals surface area contributed by atoms with Gasteiger partial charge in [0.2, 0.25) is 12.7 Å². The highest BCUT2D eigenvalue weighted by atomic mass is 16.7. The molecule has 10 N–H and O–H groups in total. The van der Waals surface area contributed by atoms with E-state index in [4.69, 9.17) is 51.1 Å². The summed E-state index contributed by atoms with van der Waals surface area (Å²) in [5.41, 5.74) is 32.5. The van der Waals surface area contributed by atoms with Crippen molar-refractivity contribution in [2.24, 2.45) is 0 Å². The van der Waals surface area contributed by atoms with E-state index in [2.05, 4.69) is 96.6 Å². The zero-order valence-electron chi connectivity index (χ0n) is 60.3. The van der Waals surface area contributed by atoms with E-state index in [0.29, 0.717) is 91.7 Å². The van der Waals surface area contributed by atoms with Crippen LogP contribution in [0.1, 0.15) is 89.7 Å². The van der Waals surface area contributed by atoms with Gasteiger partial charge in [0, 0.05) is 156 Å². The molecule has 26 heteroatoms. The summed E-state index contributed by atoms with van der Waals surface area (Å²) in [6.45, 7) is 4.19. The summed E-state index contributed by atoms with van der Waals surface area (Å²) < 4.78 is 27.9. The number of H-pyrrole nitrogens is 4. The molecule has 16 aromatic rings. The predicted molar refractivity (Wildman–Crippen MR) is 422 cm³/mol. The van der Waals surface area contributed by atoms with Gasteiger partial charge in [-0.1, -0.05) is 78.9 Å². The van der Waals surface area contributed by atoms with E-state index in [-0.39, 0.29) is 48.9 Å². The number of methoxy groups -OCH3 is 1. The van der Waals surface area contributed by atoms with Crippen LogP contribution < -0.4 is 36.1 Å². The number of aromatic nitrogens is 13. The number of rotatable bonds is 13. The number of nitrogens with two attached hydrogens (primary N) is 3. The zero-order chi connectivity index (χ0) is 74.5. The summed E-state index contributed by atoms with van der Waals surface area (Å²) in [4.78, 5) is 86.8. The van der Waals surface area contributed by atoms with Crippen LogP contribution in [0.3, 0.4) is 0 Å². The number of para-hydroxylation sites is 4. The van der Waals surface area contributed by atoms with Crippen molar-refractivity contribution in [2.45, 2.75) is 62.7 Å². The summed E-state index contributed by atoms with van der Waals surface area (Å²) in [5, 5.41) is 4.48. The van der Waals surface area contributed by atoms with Crippen molar-refractivity contribution in [1.29, 1.82) is 0 Å². The molecular formula is C84H79N19O7. The first kappa shape index (κ1) is 68.2. The first-order valence-corrected chi connectivity index (χ1v) is 37.1. The Balaban J connectivity index is 0.000000116. The minimum absolute atomic E-state index is 0.00310. The second-order valence-corrected chi connectivity index (χ2v) is 28.3. The number of hydrogen-bond donors (Lipinski definition) is 7. The molecular weight excluding hydrogens is 1390 g/mol. The molecule has 0 bridgehead atoms. The molecule has 110 heavy (non-hydrogen) atoms. The Kier molecular flexibility index (Phi) is 17.9. The molecule has 14 heterocycles. The number of benzene rings is 6.